The second-order valence-corrected chi connectivity index (χ2v) is 5.11. The van der Waals surface area contributed by atoms with E-state index >= 15 is 0 Å². The molecule has 0 aromatic heterocycles. The summed E-state index contributed by atoms with van der Waals surface area (Å²) in [7, 11) is 0. The summed E-state index contributed by atoms with van der Waals surface area (Å²) < 4.78 is 0. The van der Waals surface area contributed by atoms with Crippen molar-refractivity contribution in [3.63, 3.8) is 0 Å². The Balaban J connectivity index is 3.09. The molecule has 1 rings (SSSR count). The van der Waals surface area contributed by atoms with Crippen LogP contribution in [0.15, 0.2) is 30.3 Å². The van der Waals surface area contributed by atoms with Crippen LogP contribution in [0.1, 0.15) is 25.3 Å². The van der Waals surface area contributed by atoms with Crippen LogP contribution >= 0.6 is 0 Å². The third-order valence-corrected chi connectivity index (χ3v) is 3.18. The maximum absolute atomic E-state index is 12.2. The topological polar surface area (TPSA) is 124 Å². The molecule has 130 valence electrons. The van der Waals surface area contributed by atoms with Crippen LogP contribution in [-0.4, -0.2) is 51.6 Å². The average Bonchev–Trinajstić information content (AvgIpc) is 2.52. The fraction of sp³-hybridized carbons (Fsp3) is 0.375. The molecule has 0 aliphatic carbocycles. The van der Waals surface area contributed by atoms with Crippen LogP contribution in [0.2, 0.25) is 0 Å². The third kappa shape index (κ3) is 5.71. The van der Waals surface area contributed by atoms with E-state index in [1.807, 2.05) is 0 Å². The SMILES string of the molecule is CCCNC(=O)N(C(=O)CC(=O)O)C(Cc1ccccc1)C(=O)O. The number of carboxylic acids is 2. The first-order chi connectivity index (χ1) is 11.4. The molecular formula is C16H20N2O6. The van der Waals surface area contributed by atoms with Crippen molar-refractivity contribution < 1.29 is 29.4 Å². The lowest BCUT2D eigenvalue weighted by Crippen LogP contribution is -2.54. The van der Waals surface area contributed by atoms with E-state index in [0.29, 0.717) is 16.9 Å². The molecule has 0 aliphatic rings. The third-order valence-electron chi connectivity index (χ3n) is 3.18. The lowest BCUT2D eigenvalue weighted by molar-refractivity contribution is -0.151. The first-order valence-corrected chi connectivity index (χ1v) is 7.45. The summed E-state index contributed by atoms with van der Waals surface area (Å²) in [5.41, 5.74) is 0.612. The van der Waals surface area contributed by atoms with E-state index in [0.717, 1.165) is 0 Å². The van der Waals surface area contributed by atoms with Gasteiger partial charge in [-0.1, -0.05) is 37.3 Å². The number of nitrogens with zero attached hydrogens (tertiary/aromatic N) is 1. The van der Waals surface area contributed by atoms with Crippen molar-refractivity contribution in [1.29, 1.82) is 0 Å². The van der Waals surface area contributed by atoms with E-state index in [-0.39, 0.29) is 13.0 Å². The molecule has 3 N–H and O–H groups in total. The van der Waals surface area contributed by atoms with Gasteiger partial charge in [-0.05, 0) is 12.0 Å². The lowest BCUT2D eigenvalue weighted by atomic mass is 10.0. The van der Waals surface area contributed by atoms with Gasteiger partial charge in [-0.3, -0.25) is 9.59 Å². The van der Waals surface area contributed by atoms with Gasteiger partial charge in [0, 0.05) is 13.0 Å². The van der Waals surface area contributed by atoms with Crippen LogP contribution in [0, 0.1) is 0 Å². The minimum atomic E-state index is -1.49. The van der Waals surface area contributed by atoms with E-state index < -0.39 is 36.3 Å². The first-order valence-electron chi connectivity index (χ1n) is 7.45. The number of carbonyl (C=O) groups excluding carboxylic acids is 2. The number of hydrogen-bond donors (Lipinski definition) is 3. The number of rotatable bonds is 8. The Bertz CT molecular complexity index is 602. The Morgan fingerprint density at radius 2 is 1.75 bits per heavy atom. The average molecular weight is 336 g/mol. The molecule has 0 bridgehead atoms. The van der Waals surface area contributed by atoms with Crippen molar-refractivity contribution in [2.24, 2.45) is 0 Å². The molecule has 8 nitrogen and oxygen atoms in total. The Kier molecular flexibility index (Phi) is 7.41. The van der Waals surface area contributed by atoms with Crippen molar-refractivity contribution in [2.75, 3.05) is 6.54 Å². The number of amides is 3. The van der Waals surface area contributed by atoms with Gasteiger partial charge in [0.15, 0.2) is 0 Å². The number of nitrogens with one attached hydrogen (secondary N) is 1. The van der Waals surface area contributed by atoms with E-state index in [1.165, 1.54) is 0 Å². The van der Waals surface area contributed by atoms with Crippen LogP contribution in [0.25, 0.3) is 0 Å². The Morgan fingerprint density at radius 1 is 1.12 bits per heavy atom. The predicted octanol–water partition coefficient (Wildman–Crippen LogP) is 1.11. The zero-order valence-corrected chi connectivity index (χ0v) is 13.3. The molecule has 0 spiro atoms. The Morgan fingerprint density at radius 3 is 2.25 bits per heavy atom. The zero-order chi connectivity index (χ0) is 18.1. The smallest absolute Gasteiger partial charge is 0.327 e. The van der Waals surface area contributed by atoms with Crippen molar-refractivity contribution in [3.8, 4) is 0 Å². The van der Waals surface area contributed by atoms with Crippen molar-refractivity contribution >= 4 is 23.9 Å². The number of benzene rings is 1. The van der Waals surface area contributed by atoms with Gasteiger partial charge < -0.3 is 15.5 Å². The molecule has 0 aliphatic heterocycles. The number of carboxylic acid groups (broad SMARTS) is 2. The molecule has 1 atom stereocenters. The molecule has 0 saturated carbocycles. The Hall–Kier alpha value is -2.90. The summed E-state index contributed by atoms with van der Waals surface area (Å²) in [6.45, 7) is 2.04. The summed E-state index contributed by atoms with van der Waals surface area (Å²) in [6.07, 6.45) is -0.484. The minimum absolute atomic E-state index is 0.110. The highest BCUT2D eigenvalue weighted by Gasteiger charge is 2.35. The highest BCUT2D eigenvalue weighted by Crippen LogP contribution is 2.12. The van der Waals surface area contributed by atoms with Gasteiger partial charge in [-0.25, -0.2) is 14.5 Å². The molecule has 3 amide bonds. The number of urea groups is 1. The van der Waals surface area contributed by atoms with Crippen LogP contribution in [0.4, 0.5) is 4.79 Å². The van der Waals surface area contributed by atoms with Gasteiger partial charge in [0.1, 0.15) is 12.5 Å². The van der Waals surface area contributed by atoms with Crippen LogP contribution in [0.3, 0.4) is 0 Å². The second-order valence-electron chi connectivity index (χ2n) is 5.11. The molecule has 1 unspecified atom stereocenters. The summed E-state index contributed by atoms with van der Waals surface area (Å²) in [4.78, 5) is 47.2. The summed E-state index contributed by atoms with van der Waals surface area (Å²) in [6, 6.07) is 6.09. The summed E-state index contributed by atoms with van der Waals surface area (Å²) in [5, 5.41) is 20.6. The van der Waals surface area contributed by atoms with E-state index in [1.54, 1.807) is 37.3 Å². The second kappa shape index (κ2) is 9.29. The van der Waals surface area contributed by atoms with Crippen LogP contribution in [-0.2, 0) is 20.8 Å². The normalized spacial score (nSPS) is 11.4. The molecule has 8 heteroatoms. The number of hydrogen-bond acceptors (Lipinski definition) is 4. The van der Waals surface area contributed by atoms with Gasteiger partial charge in [0.2, 0.25) is 5.91 Å². The van der Waals surface area contributed by atoms with E-state index in [2.05, 4.69) is 5.32 Å². The monoisotopic (exact) mass is 336 g/mol. The van der Waals surface area contributed by atoms with Gasteiger partial charge in [0.25, 0.3) is 0 Å². The standard InChI is InChI=1S/C16H20N2O6/c1-2-8-17-16(24)18(13(19)10-14(20)21)12(15(22)23)9-11-6-4-3-5-7-11/h3-7,12H,2,8-10H2,1H3,(H,17,24)(H,20,21)(H,22,23). The van der Waals surface area contributed by atoms with E-state index in [9.17, 15) is 24.3 Å². The summed E-state index contributed by atoms with van der Waals surface area (Å²) in [5.74, 6) is -3.89. The summed E-state index contributed by atoms with van der Waals surface area (Å²) >= 11 is 0. The molecule has 1 aromatic carbocycles. The number of carbonyl (C=O) groups is 4. The highest BCUT2D eigenvalue weighted by atomic mass is 16.4. The fourth-order valence-electron chi connectivity index (χ4n) is 2.09. The van der Waals surface area contributed by atoms with Crippen molar-refractivity contribution in [1.82, 2.24) is 10.2 Å². The van der Waals surface area contributed by atoms with Crippen molar-refractivity contribution in [3.05, 3.63) is 35.9 Å². The van der Waals surface area contributed by atoms with Crippen LogP contribution in [0.5, 0.6) is 0 Å². The Labute approximate surface area is 139 Å². The molecule has 0 saturated heterocycles. The van der Waals surface area contributed by atoms with Gasteiger partial charge >= 0.3 is 18.0 Å². The van der Waals surface area contributed by atoms with Gasteiger partial charge in [-0.2, -0.15) is 0 Å². The maximum Gasteiger partial charge on any atom is 0.327 e. The lowest BCUT2D eigenvalue weighted by Gasteiger charge is -2.27. The quantitative estimate of drug-likeness (QED) is 0.611. The molecule has 1 aromatic rings. The predicted molar refractivity (Wildman–Crippen MR) is 84.4 cm³/mol. The largest absolute Gasteiger partial charge is 0.481 e. The number of imide groups is 1. The molecule has 0 fully saturated rings. The molecule has 0 heterocycles. The van der Waals surface area contributed by atoms with Crippen LogP contribution < -0.4 is 5.32 Å². The fourth-order valence-corrected chi connectivity index (χ4v) is 2.09. The highest BCUT2D eigenvalue weighted by molar-refractivity contribution is 6.04. The zero-order valence-electron chi connectivity index (χ0n) is 13.3. The maximum atomic E-state index is 12.2. The van der Waals surface area contributed by atoms with Crippen molar-refractivity contribution in [2.45, 2.75) is 32.2 Å². The van der Waals surface area contributed by atoms with Gasteiger partial charge in [0.05, 0.1) is 0 Å². The number of aliphatic carboxylic acids is 2. The van der Waals surface area contributed by atoms with Gasteiger partial charge in [-0.15, -0.1) is 0 Å². The molecule has 0 radical (unpaired) electrons. The minimum Gasteiger partial charge on any atom is -0.481 e. The van der Waals surface area contributed by atoms with E-state index in [4.69, 9.17) is 5.11 Å². The molecular weight excluding hydrogens is 316 g/mol. The first kappa shape index (κ1) is 19.1. The molecule has 24 heavy (non-hydrogen) atoms.